The summed E-state index contributed by atoms with van der Waals surface area (Å²) in [5.41, 5.74) is 0. The largest absolute Gasteiger partial charge is 0.481 e. The fourth-order valence-electron chi connectivity index (χ4n) is 2.21. The number of hydrogen-bond acceptors (Lipinski definition) is 2. The summed E-state index contributed by atoms with van der Waals surface area (Å²) >= 11 is 0. The van der Waals surface area contributed by atoms with E-state index in [1.165, 1.54) is 0 Å². The minimum absolute atomic E-state index is 0.0308. The van der Waals surface area contributed by atoms with E-state index in [1.807, 2.05) is 13.8 Å². The van der Waals surface area contributed by atoms with Gasteiger partial charge in [-0.15, -0.1) is 0 Å². The highest BCUT2D eigenvalue weighted by atomic mass is 16.4. The van der Waals surface area contributed by atoms with Crippen LogP contribution in [0.1, 0.15) is 52.4 Å². The van der Waals surface area contributed by atoms with Crippen LogP contribution in [-0.2, 0) is 9.59 Å². The van der Waals surface area contributed by atoms with E-state index in [1.54, 1.807) is 0 Å². The van der Waals surface area contributed by atoms with Crippen molar-refractivity contribution in [2.45, 2.75) is 52.4 Å². The van der Waals surface area contributed by atoms with Crippen molar-refractivity contribution < 1.29 is 19.8 Å². The van der Waals surface area contributed by atoms with Crippen molar-refractivity contribution in [1.82, 2.24) is 0 Å². The molecule has 0 fully saturated rings. The van der Waals surface area contributed by atoms with Crippen molar-refractivity contribution in [2.24, 2.45) is 11.8 Å². The molecule has 0 amide bonds. The molecule has 0 spiro atoms. The number of carboxylic acids is 2. The minimum Gasteiger partial charge on any atom is -0.481 e. The van der Waals surface area contributed by atoms with Gasteiger partial charge < -0.3 is 10.2 Å². The molecule has 0 heterocycles. The van der Waals surface area contributed by atoms with Crippen LogP contribution in [0.5, 0.6) is 0 Å². The van der Waals surface area contributed by atoms with Crippen LogP contribution in [0, 0.1) is 11.8 Å². The standard InChI is InChI=1S/C12H22O4/c1-3-5-9(6-4-2)10(7-11(13)14)8-12(15)16/h9-10H,3-8H2,1-2H3,(H,13,14)(H,15,16). The van der Waals surface area contributed by atoms with Crippen LogP contribution in [0.4, 0.5) is 0 Å². The second kappa shape index (κ2) is 8.13. The average molecular weight is 230 g/mol. The Bertz CT molecular complexity index is 203. The van der Waals surface area contributed by atoms with Gasteiger partial charge >= 0.3 is 11.9 Å². The molecule has 4 heteroatoms. The first kappa shape index (κ1) is 14.9. The lowest BCUT2D eigenvalue weighted by Crippen LogP contribution is -2.21. The SMILES string of the molecule is CCCC(CCC)C(CC(=O)O)CC(=O)O. The molecule has 0 aromatic heterocycles. The summed E-state index contributed by atoms with van der Waals surface area (Å²) in [4.78, 5) is 21.4. The van der Waals surface area contributed by atoms with Crippen LogP contribution in [0.15, 0.2) is 0 Å². The maximum absolute atomic E-state index is 10.7. The fourth-order valence-corrected chi connectivity index (χ4v) is 2.21. The maximum atomic E-state index is 10.7. The van der Waals surface area contributed by atoms with Crippen molar-refractivity contribution in [2.75, 3.05) is 0 Å². The average Bonchev–Trinajstić information content (AvgIpc) is 2.15. The van der Waals surface area contributed by atoms with Gasteiger partial charge in [0, 0.05) is 12.8 Å². The summed E-state index contributed by atoms with van der Waals surface area (Å²) < 4.78 is 0. The van der Waals surface area contributed by atoms with Gasteiger partial charge in [-0.1, -0.05) is 39.5 Å². The van der Waals surface area contributed by atoms with Crippen molar-refractivity contribution in [3.05, 3.63) is 0 Å². The predicted octanol–water partition coefficient (Wildman–Crippen LogP) is 2.77. The Balaban J connectivity index is 4.50. The first-order chi connectivity index (χ1) is 7.51. The number of hydrogen-bond donors (Lipinski definition) is 2. The Labute approximate surface area is 96.7 Å². The predicted molar refractivity (Wildman–Crippen MR) is 61.3 cm³/mol. The zero-order valence-corrected chi connectivity index (χ0v) is 10.1. The summed E-state index contributed by atoms with van der Waals surface area (Å²) in [5, 5.41) is 17.6. The molecule has 4 nitrogen and oxygen atoms in total. The van der Waals surface area contributed by atoms with Gasteiger partial charge in [0.25, 0.3) is 0 Å². The molecular weight excluding hydrogens is 208 g/mol. The molecular formula is C12H22O4. The van der Waals surface area contributed by atoms with E-state index < -0.39 is 11.9 Å². The van der Waals surface area contributed by atoms with Crippen molar-refractivity contribution in [1.29, 1.82) is 0 Å². The number of carbonyl (C=O) groups is 2. The highest BCUT2D eigenvalue weighted by Gasteiger charge is 2.25. The smallest absolute Gasteiger partial charge is 0.303 e. The van der Waals surface area contributed by atoms with Gasteiger partial charge in [-0.25, -0.2) is 0 Å². The fraction of sp³-hybridized carbons (Fsp3) is 0.833. The van der Waals surface area contributed by atoms with Gasteiger partial charge in [-0.2, -0.15) is 0 Å². The molecule has 0 bridgehead atoms. The Morgan fingerprint density at radius 2 is 1.25 bits per heavy atom. The van der Waals surface area contributed by atoms with Gasteiger partial charge in [0.2, 0.25) is 0 Å². The monoisotopic (exact) mass is 230 g/mol. The van der Waals surface area contributed by atoms with Gasteiger partial charge in [0.15, 0.2) is 0 Å². The Hall–Kier alpha value is -1.06. The molecule has 0 radical (unpaired) electrons. The zero-order valence-electron chi connectivity index (χ0n) is 10.1. The molecule has 0 aliphatic heterocycles. The Morgan fingerprint density at radius 1 is 0.875 bits per heavy atom. The number of aliphatic carboxylic acids is 2. The molecule has 16 heavy (non-hydrogen) atoms. The molecule has 2 N–H and O–H groups in total. The summed E-state index contributed by atoms with van der Waals surface area (Å²) in [5.74, 6) is -1.80. The van der Waals surface area contributed by atoms with Crippen LogP contribution in [0.3, 0.4) is 0 Å². The highest BCUT2D eigenvalue weighted by Crippen LogP contribution is 2.28. The molecule has 94 valence electrons. The third-order valence-electron chi connectivity index (χ3n) is 2.86. The second-order valence-corrected chi connectivity index (χ2v) is 4.29. The van der Waals surface area contributed by atoms with Crippen molar-refractivity contribution >= 4 is 11.9 Å². The summed E-state index contributed by atoms with van der Waals surface area (Å²) in [6, 6.07) is 0. The topological polar surface area (TPSA) is 74.6 Å². The van der Waals surface area contributed by atoms with E-state index in [0.29, 0.717) is 0 Å². The quantitative estimate of drug-likeness (QED) is 0.638. The maximum Gasteiger partial charge on any atom is 0.303 e. The molecule has 0 aliphatic rings. The first-order valence-electron chi connectivity index (χ1n) is 5.94. The van der Waals surface area contributed by atoms with E-state index in [-0.39, 0.29) is 24.7 Å². The Kier molecular flexibility index (Phi) is 7.60. The Morgan fingerprint density at radius 3 is 1.50 bits per heavy atom. The summed E-state index contributed by atoms with van der Waals surface area (Å²) in [6.07, 6.45) is 3.72. The van der Waals surface area contributed by atoms with Crippen LogP contribution in [0.2, 0.25) is 0 Å². The van der Waals surface area contributed by atoms with E-state index in [9.17, 15) is 9.59 Å². The van der Waals surface area contributed by atoms with Crippen LogP contribution < -0.4 is 0 Å². The van der Waals surface area contributed by atoms with E-state index in [0.717, 1.165) is 25.7 Å². The van der Waals surface area contributed by atoms with Gasteiger partial charge in [-0.3, -0.25) is 9.59 Å². The normalized spacial score (nSPS) is 11.0. The molecule has 0 aliphatic carbocycles. The second-order valence-electron chi connectivity index (χ2n) is 4.29. The van der Waals surface area contributed by atoms with Crippen molar-refractivity contribution in [3.63, 3.8) is 0 Å². The molecule has 0 saturated heterocycles. The summed E-state index contributed by atoms with van der Waals surface area (Å²) in [7, 11) is 0. The lowest BCUT2D eigenvalue weighted by molar-refractivity contribution is -0.141. The van der Waals surface area contributed by atoms with Crippen LogP contribution in [-0.4, -0.2) is 22.2 Å². The summed E-state index contributed by atoms with van der Waals surface area (Å²) in [6.45, 7) is 4.09. The van der Waals surface area contributed by atoms with Gasteiger partial charge in [0.1, 0.15) is 0 Å². The molecule has 0 aromatic rings. The molecule has 0 atom stereocenters. The lowest BCUT2D eigenvalue weighted by Gasteiger charge is -2.24. The van der Waals surface area contributed by atoms with E-state index in [2.05, 4.69) is 0 Å². The first-order valence-corrected chi connectivity index (χ1v) is 5.94. The zero-order chi connectivity index (χ0) is 12.6. The van der Waals surface area contributed by atoms with E-state index in [4.69, 9.17) is 10.2 Å². The lowest BCUT2D eigenvalue weighted by atomic mass is 9.81. The molecule has 0 saturated carbocycles. The van der Waals surface area contributed by atoms with Crippen molar-refractivity contribution in [3.8, 4) is 0 Å². The van der Waals surface area contributed by atoms with Crippen LogP contribution in [0.25, 0.3) is 0 Å². The minimum atomic E-state index is -0.900. The molecule has 0 aromatic carbocycles. The number of carboxylic acid groups (broad SMARTS) is 2. The van der Waals surface area contributed by atoms with Crippen LogP contribution >= 0.6 is 0 Å². The van der Waals surface area contributed by atoms with Gasteiger partial charge in [-0.05, 0) is 11.8 Å². The van der Waals surface area contributed by atoms with Gasteiger partial charge in [0.05, 0.1) is 0 Å². The molecule has 0 rings (SSSR count). The third kappa shape index (κ3) is 6.43. The third-order valence-corrected chi connectivity index (χ3v) is 2.86. The molecule has 0 unspecified atom stereocenters. The van der Waals surface area contributed by atoms with E-state index >= 15 is 0 Å². The highest BCUT2D eigenvalue weighted by molar-refractivity contribution is 5.70. The number of rotatable bonds is 9.